The van der Waals surface area contributed by atoms with Crippen LogP contribution in [0.5, 0.6) is 0 Å². The first-order chi connectivity index (χ1) is 12.8. The molecule has 2 amide bonds. The molecular formula is C19H21ClN2O4S. The van der Waals surface area contributed by atoms with Gasteiger partial charge >= 0.3 is 0 Å². The fourth-order valence-electron chi connectivity index (χ4n) is 2.39. The molecule has 8 heteroatoms. The molecular weight excluding hydrogens is 388 g/mol. The Labute approximate surface area is 163 Å². The van der Waals surface area contributed by atoms with E-state index in [2.05, 4.69) is 10.6 Å². The standard InChI is InChI=1S/C19H21ClN2O4S/c1-27(25,26)12-11-17(19(24)21-13-14-7-3-2-4-8-14)22-18(23)15-9-5-6-10-16(15)20/h2-10,17H,11-13H2,1H3,(H,21,24)(H,22,23)/t17-/m0/s1. The van der Waals surface area contributed by atoms with Crippen LogP contribution >= 0.6 is 11.6 Å². The molecule has 2 N–H and O–H groups in total. The Morgan fingerprint density at radius 3 is 2.30 bits per heavy atom. The zero-order chi connectivity index (χ0) is 19.9. The number of hydrogen-bond donors (Lipinski definition) is 2. The summed E-state index contributed by atoms with van der Waals surface area (Å²) in [5.41, 5.74) is 1.12. The number of benzene rings is 2. The van der Waals surface area contributed by atoms with Gasteiger partial charge in [-0.25, -0.2) is 8.42 Å². The molecule has 0 aromatic heterocycles. The molecule has 0 bridgehead atoms. The van der Waals surface area contributed by atoms with Gasteiger partial charge in [0.15, 0.2) is 0 Å². The molecule has 2 rings (SSSR count). The molecule has 0 unspecified atom stereocenters. The molecule has 0 saturated heterocycles. The molecule has 2 aromatic carbocycles. The Balaban J connectivity index is 2.08. The average molecular weight is 409 g/mol. The van der Waals surface area contributed by atoms with Crippen LogP contribution < -0.4 is 10.6 Å². The Morgan fingerprint density at radius 1 is 1.04 bits per heavy atom. The van der Waals surface area contributed by atoms with Gasteiger partial charge in [-0.15, -0.1) is 0 Å². The van der Waals surface area contributed by atoms with Crippen LogP contribution in [-0.2, 0) is 21.2 Å². The molecule has 0 spiro atoms. The van der Waals surface area contributed by atoms with E-state index in [9.17, 15) is 18.0 Å². The summed E-state index contributed by atoms with van der Waals surface area (Å²) in [6.45, 7) is 0.275. The summed E-state index contributed by atoms with van der Waals surface area (Å²) in [5.74, 6) is -1.21. The Morgan fingerprint density at radius 2 is 1.67 bits per heavy atom. The summed E-state index contributed by atoms with van der Waals surface area (Å²) < 4.78 is 23.0. The molecule has 0 aliphatic carbocycles. The molecule has 2 aromatic rings. The van der Waals surface area contributed by atoms with Crippen molar-refractivity contribution in [1.82, 2.24) is 10.6 Å². The number of rotatable bonds is 8. The first kappa shape index (κ1) is 20.9. The summed E-state index contributed by atoms with van der Waals surface area (Å²) in [4.78, 5) is 25.0. The van der Waals surface area contributed by atoms with Crippen LogP contribution in [0.25, 0.3) is 0 Å². The van der Waals surface area contributed by atoms with Gasteiger partial charge in [0.1, 0.15) is 15.9 Å². The minimum atomic E-state index is -3.29. The maximum atomic E-state index is 12.5. The fraction of sp³-hybridized carbons (Fsp3) is 0.263. The van der Waals surface area contributed by atoms with E-state index in [0.717, 1.165) is 11.8 Å². The molecule has 0 aliphatic rings. The Hall–Kier alpha value is -2.38. The van der Waals surface area contributed by atoms with Gasteiger partial charge in [0.25, 0.3) is 5.91 Å². The summed E-state index contributed by atoms with van der Waals surface area (Å²) in [7, 11) is -3.29. The number of carbonyl (C=O) groups excluding carboxylic acids is 2. The van der Waals surface area contributed by atoms with E-state index in [1.54, 1.807) is 18.2 Å². The lowest BCUT2D eigenvalue weighted by Crippen LogP contribution is -2.47. The van der Waals surface area contributed by atoms with Crippen molar-refractivity contribution in [2.45, 2.75) is 19.0 Å². The van der Waals surface area contributed by atoms with Crippen molar-refractivity contribution in [3.63, 3.8) is 0 Å². The molecule has 27 heavy (non-hydrogen) atoms. The fourth-order valence-corrected chi connectivity index (χ4v) is 3.28. The summed E-state index contributed by atoms with van der Waals surface area (Å²) >= 11 is 6.02. The minimum Gasteiger partial charge on any atom is -0.350 e. The van der Waals surface area contributed by atoms with Crippen molar-refractivity contribution < 1.29 is 18.0 Å². The Kier molecular flexibility index (Phi) is 7.38. The average Bonchev–Trinajstić information content (AvgIpc) is 2.63. The third kappa shape index (κ3) is 7.03. The third-order valence-electron chi connectivity index (χ3n) is 3.83. The second-order valence-corrected chi connectivity index (χ2v) is 8.79. The molecule has 0 aliphatic heterocycles. The second kappa shape index (κ2) is 9.53. The maximum Gasteiger partial charge on any atom is 0.253 e. The molecule has 0 heterocycles. The molecule has 6 nitrogen and oxygen atoms in total. The van der Waals surface area contributed by atoms with Gasteiger partial charge in [0.2, 0.25) is 5.91 Å². The van der Waals surface area contributed by atoms with Crippen molar-refractivity contribution in [2.75, 3.05) is 12.0 Å². The third-order valence-corrected chi connectivity index (χ3v) is 5.13. The van der Waals surface area contributed by atoms with Crippen LogP contribution in [0.3, 0.4) is 0 Å². The van der Waals surface area contributed by atoms with Gasteiger partial charge < -0.3 is 10.6 Å². The quantitative estimate of drug-likeness (QED) is 0.700. The smallest absolute Gasteiger partial charge is 0.253 e. The van der Waals surface area contributed by atoms with Crippen molar-refractivity contribution >= 4 is 33.3 Å². The highest BCUT2D eigenvalue weighted by Crippen LogP contribution is 2.15. The molecule has 0 saturated carbocycles. The number of sulfone groups is 1. The van der Waals surface area contributed by atoms with Gasteiger partial charge in [-0.05, 0) is 24.1 Å². The zero-order valence-corrected chi connectivity index (χ0v) is 16.4. The van der Waals surface area contributed by atoms with Crippen molar-refractivity contribution in [1.29, 1.82) is 0 Å². The van der Waals surface area contributed by atoms with Crippen molar-refractivity contribution in [3.05, 3.63) is 70.7 Å². The predicted octanol–water partition coefficient (Wildman–Crippen LogP) is 2.19. The zero-order valence-electron chi connectivity index (χ0n) is 14.8. The Bertz CT molecular complexity index is 901. The van der Waals surface area contributed by atoms with E-state index in [1.807, 2.05) is 30.3 Å². The van der Waals surface area contributed by atoms with Gasteiger partial charge in [0, 0.05) is 12.8 Å². The summed E-state index contributed by atoms with van der Waals surface area (Å²) in [5, 5.41) is 5.56. The van der Waals surface area contributed by atoms with Crippen molar-refractivity contribution in [2.24, 2.45) is 0 Å². The van der Waals surface area contributed by atoms with Gasteiger partial charge in [-0.3, -0.25) is 9.59 Å². The van der Waals surface area contributed by atoms with Crippen molar-refractivity contribution in [3.8, 4) is 0 Å². The number of hydrogen-bond acceptors (Lipinski definition) is 4. The summed E-state index contributed by atoms with van der Waals surface area (Å²) in [6, 6.07) is 14.7. The van der Waals surface area contributed by atoms with Gasteiger partial charge in [0.05, 0.1) is 16.3 Å². The lowest BCUT2D eigenvalue weighted by atomic mass is 10.1. The summed E-state index contributed by atoms with van der Waals surface area (Å²) in [6.07, 6.45) is 1.05. The SMILES string of the molecule is CS(=O)(=O)CC[C@H](NC(=O)c1ccccc1Cl)C(=O)NCc1ccccc1. The predicted molar refractivity (Wildman–Crippen MR) is 105 cm³/mol. The highest BCUT2D eigenvalue weighted by atomic mass is 35.5. The van der Waals surface area contributed by atoms with E-state index in [1.165, 1.54) is 6.07 Å². The molecule has 144 valence electrons. The van der Waals surface area contributed by atoms with Crippen LogP contribution in [0.2, 0.25) is 5.02 Å². The van der Waals surface area contributed by atoms with E-state index in [4.69, 9.17) is 11.6 Å². The van der Waals surface area contributed by atoms with Crippen LogP contribution in [0.15, 0.2) is 54.6 Å². The normalized spacial score (nSPS) is 12.2. The first-order valence-corrected chi connectivity index (χ1v) is 10.7. The van der Waals surface area contributed by atoms with E-state index in [0.29, 0.717) is 0 Å². The second-order valence-electron chi connectivity index (χ2n) is 6.13. The lowest BCUT2D eigenvalue weighted by Gasteiger charge is -2.18. The van der Waals surface area contributed by atoms with E-state index >= 15 is 0 Å². The maximum absolute atomic E-state index is 12.5. The largest absolute Gasteiger partial charge is 0.350 e. The highest BCUT2D eigenvalue weighted by molar-refractivity contribution is 7.90. The van der Waals surface area contributed by atoms with Gasteiger partial charge in [-0.2, -0.15) is 0 Å². The lowest BCUT2D eigenvalue weighted by molar-refractivity contribution is -0.123. The van der Waals surface area contributed by atoms with Crippen LogP contribution in [0.1, 0.15) is 22.3 Å². The highest BCUT2D eigenvalue weighted by Gasteiger charge is 2.23. The molecule has 0 fully saturated rings. The van der Waals surface area contributed by atoms with Crippen LogP contribution in [0, 0.1) is 0 Å². The van der Waals surface area contributed by atoms with Crippen LogP contribution in [0.4, 0.5) is 0 Å². The first-order valence-electron chi connectivity index (χ1n) is 8.31. The van der Waals surface area contributed by atoms with E-state index < -0.39 is 27.7 Å². The number of carbonyl (C=O) groups is 2. The minimum absolute atomic E-state index is 0.0321. The number of nitrogens with one attached hydrogen (secondary N) is 2. The monoisotopic (exact) mass is 408 g/mol. The topological polar surface area (TPSA) is 92.3 Å². The molecule has 1 atom stereocenters. The number of amides is 2. The molecule has 0 radical (unpaired) electrons. The van der Waals surface area contributed by atoms with Gasteiger partial charge in [-0.1, -0.05) is 54.1 Å². The number of halogens is 1. The van der Waals surface area contributed by atoms with Crippen LogP contribution in [-0.4, -0.2) is 38.3 Å². The van der Waals surface area contributed by atoms with E-state index in [-0.39, 0.29) is 29.3 Å².